The van der Waals surface area contributed by atoms with E-state index in [1.54, 1.807) is 31.4 Å². The average molecular weight is 533 g/mol. The van der Waals surface area contributed by atoms with E-state index in [2.05, 4.69) is 11.4 Å². The van der Waals surface area contributed by atoms with Gasteiger partial charge >= 0.3 is 6.09 Å². The number of halogens is 1. The summed E-state index contributed by atoms with van der Waals surface area (Å²) in [7, 11) is 0. The molecular formula is C23H24IN3O4. The molecule has 8 heteroatoms. The maximum absolute atomic E-state index is 13.4. The van der Waals surface area contributed by atoms with E-state index in [-0.39, 0.29) is 12.3 Å². The number of hydrogen-bond donors (Lipinski definition) is 2. The Morgan fingerprint density at radius 1 is 1.42 bits per heavy atom. The van der Waals surface area contributed by atoms with E-state index in [0.29, 0.717) is 22.2 Å². The number of carbonyl (C=O) groups excluding carboxylic acids is 2. The van der Waals surface area contributed by atoms with Crippen LogP contribution in [-0.4, -0.2) is 39.9 Å². The Bertz CT molecular complexity index is 1150. The van der Waals surface area contributed by atoms with Crippen LogP contribution in [0.25, 0.3) is 10.9 Å². The molecular weight excluding hydrogens is 509 g/mol. The second-order valence-corrected chi connectivity index (χ2v) is 10.3. The summed E-state index contributed by atoms with van der Waals surface area (Å²) in [6.07, 6.45) is 1.07. The highest BCUT2D eigenvalue weighted by Gasteiger charge is 2.52. The van der Waals surface area contributed by atoms with E-state index in [1.807, 2.05) is 46.9 Å². The monoisotopic (exact) mass is 533 g/mol. The molecule has 2 aromatic rings. The number of benzene rings is 1. The first-order chi connectivity index (χ1) is 14.6. The zero-order valence-corrected chi connectivity index (χ0v) is 19.8. The number of aliphatic hydroxyl groups excluding tert-OH is 1. The van der Waals surface area contributed by atoms with Crippen molar-refractivity contribution in [1.82, 2.24) is 9.88 Å². The first-order valence-corrected chi connectivity index (χ1v) is 11.3. The molecule has 0 fully saturated rings. The molecule has 0 unspecified atom stereocenters. The fraction of sp³-hybridized carbons (Fsp3) is 0.435. The Morgan fingerprint density at radius 3 is 2.81 bits per heavy atom. The zero-order chi connectivity index (χ0) is 22.6. The lowest BCUT2D eigenvalue weighted by Gasteiger charge is -2.41. The van der Waals surface area contributed by atoms with Crippen molar-refractivity contribution in [1.29, 1.82) is 5.26 Å². The van der Waals surface area contributed by atoms with Gasteiger partial charge < -0.3 is 15.2 Å². The number of amides is 1. The number of nitrogens with one attached hydrogen (secondary N) is 1. The van der Waals surface area contributed by atoms with E-state index in [4.69, 9.17) is 4.74 Å². The summed E-state index contributed by atoms with van der Waals surface area (Å²) >= 11 is 2.02. The van der Waals surface area contributed by atoms with Gasteiger partial charge in [-0.05, 0) is 73.9 Å². The molecule has 2 N–H and O–H groups in total. The number of nitrogens with zero attached hydrogens (tertiary/aromatic N) is 2. The molecule has 0 saturated carbocycles. The third kappa shape index (κ3) is 3.64. The van der Waals surface area contributed by atoms with Gasteiger partial charge in [0.15, 0.2) is 0 Å². The minimum atomic E-state index is -1.01. The van der Waals surface area contributed by atoms with Crippen molar-refractivity contribution in [2.75, 3.05) is 6.54 Å². The Hall–Kier alpha value is -2.38. The van der Waals surface area contributed by atoms with Crippen molar-refractivity contribution in [3.63, 3.8) is 0 Å². The summed E-state index contributed by atoms with van der Waals surface area (Å²) in [6.45, 7) is 5.70. The number of fused-ring (bicyclic) bond motifs is 6. The van der Waals surface area contributed by atoms with Crippen molar-refractivity contribution >= 4 is 45.5 Å². The predicted molar refractivity (Wildman–Crippen MR) is 124 cm³/mol. The molecule has 0 spiro atoms. The molecule has 162 valence electrons. The van der Waals surface area contributed by atoms with E-state index in [0.717, 1.165) is 16.5 Å². The number of allylic oxidation sites excluding steroid dienone is 1. The van der Waals surface area contributed by atoms with E-state index < -0.39 is 29.1 Å². The van der Waals surface area contributed by atoms with Crippen LogP contribution in [0.4, 0.5) is 4.79 Å². The summed E-state index contributed by atoms with van der Waals surface area (Å²) < 4.78 is 7.53. The zero-order valence-electron chi connectivity index (χ0n) is 17.6. The van der Waals surface area contributed by atoms with Crippen LogP contribution in [0, 0.1) is 17.2 Å². The second-order valence-electron chi connectivity index (χ2n) is 9.06. The van der Waals surface area contributed by atoms with Gasteiger partial charge in [-0.2, -0.15) is 5.26 Å². The van der Waals surface area contributed by atoms with Crippen LogP contribution >= 0.6 is 22.6 Å². The summed E-state index contributed by atoms with van der Waals surface area (Å²) in [5, 5.41) is 24.5. The molecule has 2 aliphatic rings. The molecule has 4 rings (SSSR count). The number of para-hydroxylation sites is 1. The maximum atomic E-state index is 13.4. The minimum Gasteiger partial charge on any atom is -0.444 e. The number of ether oxygens (including phenoxy) is 1. The molecule has 1 aromatic carbocycles. The topological polar surface area (TPSA) is 104 Å². The van der Waals surface area contributed by atoms with Crippen molar-refractivity contribution in [3.8, 4) is 6.07 Å². The average Bonchev–Trinajstić information content (AvgIpc) is 3.03. The number of nitriles is 1. The number of carbonyl (C=O) groups is 2. The Kier molecular flexibility index (Phi) is 5.38. The summed E-state index contributed by atoms with van der Waals surface area (Å²) in [4.78, 5) is 25.5. The van der Waals surface area contributed by atoms with Crippen LogP contribution in [0.2, 0.25) is 0 Å². The molecule has 0 saturated heterocycles. The van der Waals surface area contributed by atoms with Crippen LogP contribution < -0.4 is 5.32 Å². The van der Waals surface area contributed by atoms with Gasteiger partial charge in [0.25, 0.3) is 0 Å². The van der Waals surface area contributed by atoms with E-state index >= 15 is 0 Å². The SMILES string of the molecule is CC(C)(C)OC(=O)NCCc1c2n(c3ccccc13)C(=O)[C@@H]1C[C@]2(C#N)C=C(I)[C@H]1O. The predicted octanol–water partition coefficient (Wildman–Crippen LogP) is 3.82. The van der Waals surface area contributed by atoms with E-state index in [9.17, 15) is 20.0 Å². The van der Waals surface area contributed by atoms with Crippen LogP contribution in [0.5, 0.6) is 0 Å². The second kappa shape index (κ2) is 7.64. The number of aliphatic hydroxyl groups is 1. The molecule has 2 heterocycles. The van der Waals surface area contributed by atoms with Gasteiger partial charge in [-0.3, -0.25) is 9.36 Å². The number of rotatable bonds is 3. The normalized spacial score (nSPS) is 24.9. The largest absolute Gasteiger partial charge is 0.444 e. The van der Waals surface area contributed by atoms with Gasteiger partial charge in [0, 0.05) is 15.5 Å². The molecule has 7 nitrogen and oxygen atoms in total. The number of aromatic nitrogens is 1. The number of alkyl carbamates (subject to hydrolysis) is 1. The molecule has 3 atom stereocenters. The van der Waals surface area contributed by atoms with Gasteiger partial charge in [-0.25, -0.2) is 4.79 Å². The van der Waals surface area contributed by atoms with Gasteiger partial charge in [0.05, 0.1) is 29.3 Å². The fourth-order valence-electron chi connectivity index (χ4n) is 4.58. The molecule has 1 aromatic heterocycles. The highest BCUT2D eigenvalue weighted by Crippen LogP contribution is 2.49. The third-order valence-corrected chi connectivity index (χ3v) is 6.72. The van der Waals surface area contributed by atoms with Crippen LogP contribution in [0.15, 0.2) is 33.9 Å². The van der Waals surface area contributed by atoms with Crippen molar-refractivity contribution in [2.24, 2.45) is 5.92 Å². The highest BCUT2D eigenvalue weighted by atomic mass is 127. The smallest absolute Gasteiger partial charge is 0.407 e. The Labute approximate surface area is 194 Å². The van der Waals surface area contributed by atoms with E-state index in [1.165, 1.54) is 0 Å². The summed E-state index contributed by atoms with van der Waals surface area (Å²) in [5.41, 5.74) is 0.621. The highest BCUT2D eigenvalue weighted by molar-refractivity contribution is 14.1. The molecule has 2 bridgehead atoms. The maximum Gasteiger partial charge on any atom is 0.407 e. The Morgan fingerprint density at radius 2 is 2.13 bits per heavy atom. The van der Waals surface area contributed by atoms with Crippen molar-refractivity contribution in [3.05, 3.63) is 45.2 Å². The lowest BCUT2D eigenvalue weighted by atomic mass is 9.68. The van der Waals surface area contributed by atoms with Crippen LogP contribution in [0.3, 0.4) is 0 Å². The van der Waals surface area contributed by atoms with Gasteiger partial charge in [0.2, 0.25) is 5.91 Å². The molecule has 1 aliphatic carbocycles. The van der Waals surface area contributed by atoms with Crippen molar-refractivity contribution in [2.45, 2.75) is 50.7 Å². The number of hydrogen-bond acceptors (Lipinski definition) is 5. The first-order valence-electron chi connectivity index (χ1n) is 10.2. The van der Waals surface area contributed by atoms with Crippen LogP contribution in [0.1, 0.15) is 43.2 Å². The summed E-state index contributed by atoms with van der Waals surface area (Å²) in [6, 6.07) is 9.96. The fourth-order valence-corrected chi connectivity index (χ4v) is 5.54. The molecule has 0 radical (unpaired) electrons. The molecule has 1 aliphatic heterocycles. The Balaban J connectivity index is 1.79. The molecule has 1 amide bonds. The quantitative estimate of drug-likeness (QED) is 0.584. The standard InChI is InChI=1S/C23H24IN3O4/c1-22(2,3)31-21(30)26-9-8-14-13-6-4-5-7-17(13)27-19(14)23(12-25)10-15(20(27)29)18(28)16(24)11-23/h4-7,11,15,18,28H,8-10H2,1-3H3,(H,26,30)/t15-,18+,23-/m1/s1. The summed E-state index contributed by atoms with van der Waals surface area (Å²) in [5.74, 6) is -0.856. The van der Waals surface area contributed by atoms with Gasteiger partial charge in [-0.15, -0.1) is 0 Å². The molecule has 31 heavy (non-hydrogen) atoms. The lowest BCUT2D eigenvalue weighted by Crippen LogP contribution is -2.48. The van der Waals surface area contributed by atoms with Gasteiger partial charge in [0.1, 0.15) is 11.0 Å². The van der Waals surface area contributed by atoms with Crippen LogP contribution in [-0.2, 0) is 16.6 Å². The lowest BCUT2D eigenvalue weighted by molar-refractivity contribution is 0.0524. The third-order valence-electron chi connectivity index (χ3n) is 5.77. The minimum absolute atomic E-state index is 0.196. The van der Waals surface area contributed by atoms with Gasteiger partial charge in [-0.1, -0.05) is 18.2 Å². The first kappa shape index (κ1) is 21.8. The van der Waals surface area contributed by atoms with Crippen molar-refractivity contribution < 1.29 is 19.4 Å².